The molecule has 3 unspecified atom stereocenters. The molecule has 4 nitrogen and oxygen atoms in total. The standard InChI is InChI=1S/C17H25NO3/c1-3-13-11-18(8-9-21-13)16-7-5-12-4-6-14(20-2)10-15(12)17(16)19/h4,6,10,13,16-17,19H,3,5,7-9,11H2,1-2H3. The van der Waals surface area contributed by atoms with Crippen molar-refractivity contribution >= 4 is 0 Å². The Kier molecular flexibility index (Phi) is 4.48. The Bertz CT molecular complexity index is 491. The molecule has 3 rings (SSSR count). The number of hydrogen-bond acceptors (Lipinski definition) is 4. The van der Waals surface area contributed by atoms with Crippen molar-refractivity contribution in [3.05, 3.63) is 29.3 Å². The van der Waals surface area contributed by atoms with Crippen LogP contribution in [0.5, 0.6) is 5.75 Å². The fourth-order valence-corrected chi connectivity index (χ4v) is 3.54. The van der Waals surface area contributed by atoms with Crippen molar-refractivity contribution in [1.82, 2.24) is 4.90 Å². The second-order valence-electron chi connectivity index (χ2n) is 6.01. The lowest BCUT2D eigenvalue weighted by atomic mass is 9.84. The van der Waals surface area contributed by atoms with Crippen molar-refractivity contribution in [2.45, 2.75) is 44.4 Å². The van der Waals surface area contributed by atoms with Crippen LogP contribution in [0.4, 0.5) is 0 Å². The summed E-state index contributed by atoms with van der Waals surface area (Å²) in [4.78, 5) is 2.41. The third-order valence-electron chi connectivity index (χ3n) is 4.84. The van der Waals surface area contributed by atoms with E-state index in [1.54, 1.807) is 7.11 Å². The van der Waals surface area contributed by atoms with Gasteiger partial charge in [0.05, 0.1) is 25.9 Å². The highest BCUT2D eigenvalue weighted by Crippen LogP contribution is 2.35. The molecule has 0 amide bonds. The second kappa shape index (κ2) is 6.34. The molecule has 1 heterocycles. The van der Waals surface area contributed by atoms with E-state index in [1.807, 2.05) is 12.1 Å². The van der Waals surface area contributed by atoms with Gasteiger partial charge in [0.15, 0.2) is 0 Å². The topological polar surface area (TPSA) is 41.9 Å². The summed E-state index contributed by atoms with van der Waals surface area (Å²) >= 11 is 0. The van der Waals surface area contributed by atoms with Crippen LogP contribution in [0.15, 0.2) is 18.2 Å². The van der Waals surface area contributed by atoms with E-state index in [0.29, 0.717) is 6.10 Å². The van der Waals surface area contributed by atoms with Crippen LogP contribution in [0, 0.1) is 0 Å². The van der Waals surface area contributed by atoms with Gasteiger partial charge in [0.1, 0.15) is 5.75 Å². The van der Waals surface area contributed by atoms with E-state index < -0.39 is 6.10 Å². The fourth-order valence-electron chi connectivity index (χ4n) is 3.54. The van der Waals surface area contributed by atoms with Gasteiger partial charge < -0.3 is 14.6 Å². The van der Waals surface area contributed by atoms with Crippen LogP contribution >= 0.6 is 0 Å². The fraction of sp³-hybridized carbons (Fsp3) is 0.647. The molecule has 1 N–H and O–H groups in total. The number of rotatable bonds is 3. The molecule has 0 spiro atoms. The zero-order chi connectivity index (χ0) is 14.8. The minimum Gasteiger partial charge on any atom is -0.497 e. The van der Waals surface area contributed by atoms with Gasteiger partial charge in [0.2, 0.25) is 0 Å². The first-order valence-corrected chi connectivity index (χ1v) is 7.93. The molecule has 1 saturated heterocycles. The summed E-state index contributed by atoms with van der Waals surface area (Å²) in [5, 5.41) is 10.8. The Morgan fingerprint density at radius 2 is 2.29 bits per heavy atom. The van der Waals surface area contributed by atoms with Crippen LogP contribution in [0.2, 0.25) is 0 Å². The zero-order valence-corrected chi connectivity index (χ0v) is 12.9. The van der Waals surface area contributed by atoms with E-state index in [2.05, 4.69) is 17.9 Å². The summed E-state index contributed by atoms with van der Waals surface area (Å²) in [6, 6.07) is 6.25. The van der Waals surface area contributed by atoms with Gasteiger partial charge in [-0.25, -0.2) is 0 Å². The third kappa shape index (κ3) is 2.93. The number of ether oxygens (including phenoxy) is 2. The molecule has 1 aromatic carbocycles. The third-order valence-corrected chi connectivity index (χ3v) is 4.84. The van der Waals surface area contributed by atoms with E-state index in [9.17, 15) is 5.11 Å². The van der Waals surface area contributed by atoms with Crippen molar-refractivity contribution in [2.24, 2.45) is 0 Å². The molecule has 4 heteroatoms. The van der Waals surface area contributed by atoms with Crippen molar-refractivity contribution in [1.29, 1.82) is 0 Å². The first-order valence-electron chi connectivity index (χ1n) is 7.93. The molecule has 0 aromatic heterocycles. The zero-order valence-electron chi connectivity index (χ0n) is 12.9. The Labute approximate surface area is 126 Å². The van der Waals surface area contributed by atoms with Gasteiger partial charge >= 0.3 is 0 Å². The molecule has 0 bridgehead atoms. The number of methoxy groups -OCH3 is 1. The van der Waals surface area contributed by atoms with Crippen molar-refractivity contribution in [2.75, 3.05) is 26.8 Å². The Morgan fingerprint density at radius 1 is 1.43 bits per heavy atom. The number of aliphatic hydroxyl groups is 1. The molecule has 3 atom stereocenters. The van der Waals surface area contributed by atoms with Gasteiger partial charge in [0, 0.05) is 19.1 Å². The highest BCUT2D eigenvalue weighted by atomic mass is 16.5. The summed E-state index contributed by atoms with van der Waals surface area (Å²) in [7, 11) is 1.67. The smallest absolute Gasteiger partial charge is 0.119 e. The average molecular weight is 291 g/mol. The molecule has 1 aliphatic heterocycles. The van der Waals surface area contributed by atoms with E-state index in [0.717, 1.165) is 50.3 Å². The Morgan fingerprint density at radius 3 is 3.05 bits per heavy atom. The Balaban J connectivity index is 1.79. The normalized spacial score (nSPS) is 30.0. The molecule has 1 fully saturated rings. The molecule has 21 heavy (non-hydrogen) atoms. The second-order valence-corrected chi connectivity index (χ2v) is 6.01. The number of fused-ring (bicyclic) bond motifs is 1. The maximum atomic E-state index is 10.8. The van der Waals surface area contributed by atoms with Crippen molar-refractivity contribution < 1.29 is 14.6 Å². The van der Waals surface area contributed by atoms with Crippen molar-refractivity contribution in [3.8, 4) is 5.75 Å². The number of benzene rings is 1. The lowest BCUT2D eigenvalue weighted by Crippen LogP contribution is -2.50. The van der Waals surface area contributed by atoms with Crippen LogP contribution in [0.3, 0.4) is 0 Å². The molecular formula is C17H25NO3. The van der Waals surface area contributed by atoms with Crippen LogP contribution in [-0.2, 0) is 11.2 Å². The summed E-state index contributed by atoms with van der Waals surface area (Å²) in [5.74, 6) is 0.821. The molecule has 0 saturated carbocycles. The molecule has 1 aromatic rings. The maximum Gasteiger partial charge on any atom is 0.119 e. The van der Waals surface area contributed by atoms with Gasteiger partial charge in [-0.2, -0.15) is 0 Å². The van der Waals surface area contributed by atoms with Gasteiger partial charge in [-0.1, -0.05) is 13.0 Å². The minimum atomic E-state index is -0.431. The predicted molar refractivity (Wildman–Crippen MR) is 81.7 cm³/mol. The quantitative estimate of drug-likeness (QED) is 0.926. The number of aryl methyl sites for hydroxylation is 1. The van der Waals surface area contributed by atoms with E-state index in [4.69, 9.17) is 9.47 Å². The number of morpholine rings is 1. The van der Waals surface area contributed by atoms with Crippen LogP contribution in [0.1, 0.15) is 37.0 Å². The lowest BCUT2D eigenvalue weighted by molar-refractivity contribution is -0.0700. The van der Waals surface area contributed by atoms with Crippen LogP contribution in [0.25, 0.3) is 0 Å². The highest BCUT2D eigenvalue weighted by molar-refractivity contribution is 5.39. The molecule has 0 radical (unpaired) electrons. The summed E-state index contributed by atoms with van der Waals surface area (Å²) in [5.41, 5.74) is 2.28. The maximum absolute atomic E-state index is 10.8. The van der Waals surface area contributed by atoms with Crippen LogP contribution < -0.4 is 4.74 Å². The first kappa shape index (κ1) is 14.8. The average Bonchev–Trinajstić information content (AvgIpc) is 2.55. The number of hydrogen-bond donors (Lipinski definition) is 1. The van der Waals surface area contributed by atoms with Gasteiger partial charge in [-0.05, 0) is 42.5 Å². The summed E-state index contributed by atoms with van der Waals surface area (Å²) in [6.45, 7) is 4.77. The Hall–Kier alpha value is -1.10. The molecule has 1 aliphatic carbocycles. The largest absolute Gasteiger partial charge is 0.497 e. The van der Waals surface area contributed by atoms with Crippen LogP contribution in [-0.4, -0.2) is 49.0 Å². The number of nitrogens with zero attached hydrogens (tertiary/aromatic N) is 1. The highest BCUT2D eigenvalue weighted by Gasteiger charge is 2.34. The van der Waals surface area contributed by atoms with E-state index in [-0.39, 0.29) is 6.04 Å². The van der Waals surface area contributed by atoms with E-state index in [1.165, 1.54) is 5.56 Å². The molecular weight excluding hydrogens is 266 g/mol. The van der Waals surface area contributed by atoms with Gasteiger partial charge in [0.25, 0.3) is 0 Å². The summed E-state index contributed by atoms with van der Waals surface area (Å²) < 4.78 is 11.0. The first-order chi connectivity index (χ1) is 10.2. The summed E-state index contributed by atoms with van der Waals surface area (Å²) in [6.07, 6.45) is 2.94. The molecule has 2 aliphatic rings. The van der Waals surface area contributed by atoms with Crippen molar-refractivity contribution in [3.63, 3.8) is 0 Å². The SMILES string of the molecule is CCC1CN(C2CCc3ccc(OC)cc3C2O)CCO1. The van der Waals surface area contributed by atoms with E-state index >= 15 is 0 Å². The monoisotopic (exact) mass is 291 g/mol. The van der Waals surface area contributed by atoms with Gasteiger partial charge in [-0.3, -0.25) is 4.90 Å². The molecule has 116 valence electrons. The number of aliphatic hydroxyl groups excluding tert-OH is 1. The lowest BCUT2D eigenvalue weighted by Gasteiger charge is -2.42. The van der Waals surface area contributed by atoms with Gasteiger partial charge in [-0.15, -0.1) is 0 Å². The predicted octanol–water partition coefficient (Wildman–Crippen LogP) is 2.15. The minimum absolute atomic E-state index is 0.197.